The van der Waals surface area contributed by atoms with Gasteiger partial charge in [-0.1, -0.05) is 17.3 Å². The standard InChI is InChI=1S/C14H22N4O2/c1-9(2)18-5-6-19-12(8-18)13-16-14(20-17-13)10-3-4-11(15)7-10/h3-4,9-12H,5-8,15H2,1-2H3. The average molecular weight is 278 g/mol. The van der Waals surface area contributed by atoms with E-state index in [0.717, 1.165) is 19.5 Å². The van der Waals surface area contributed by atoms with Gasteiger partial charge in [-0.05, 0) is 20.3 Å². The van der Waals surface area contributed by atoms with Crippen LogP contribution in [0.2, 0.25) is 0 Å². The van der Waals surface area contributed by atoms with Crippen LogP contribution in [0.1, 0.15) is 44.0 Å². The fourth-order valence-electron chi connectivity index (χ4n) is 2.73. The molecule has 2 heterocycles. The van der Waals surface area contributed by atoms with Crippen molar-refractivity contribution in [3.05, 3.63) is 23.9 Å². The van der Waals surface area contributed by atoms with Crippen LogP contribution in [-0.4, -0.2) is 46.8 Å². The maximum atomic E-state index is 5.86. The molecule has 1 aromatic rings. The van der Waals surface area contributed by atoms with Crippen LogP contribution >= 0.6 is 0 Å². The van der Waals surface area contributed by atoms with Gasteiger partial charge in [-0.2, -0.15) is 4.98 Å². The summed E-state index contributed by atoms with van der Waals surface area (Å²) in [4.78, 5) is 6.88. The van der Waals surface area contributed by atoms with E-state index < -0.39 is 0 Å². The van der Waals surface area contributed by atoms with Gasteiger partial charge in [0.05, 0.1) is 12.5 Å². The highest BCUT2D eigenvalue weighted by molar-refractivity contribution is 5.15. The Morgan fingerprint density at radius 3 is 2.95 bits per heavy atom. The molecular weight excluding hydrogens is 256 g/mol. The summed E-state index contributed by atoms with van der Waals surface area (Å²) in [5.41, 5.74) is 5.86. The predicted molar refractivity (Wildman–Crippen MR) is 74.2 cm³/mol. The molecule has 3 atom stereocenters. The smallest absolute Gasteiger partial charge is 0.233 e. The van der Waals surface area contributed by atoms with Crippen LogP contribution in [-0.2, 0) is 4.74 Å². The van der Waals surface area contributed by atoms with E-state index in [0.29, 0.717) is 24.4 Å². The van der Waals surface area contributed by atoms with Crippen molar-refractivity contribution in [2.24, 2.45) is 5.73 Å². The third-order valence-corrected chi connectivity index (χ3v) is 4.01. The molecule has 3 unspecified atom stereocenters. The van der Waals surface area contributed by atoms with E-state index in [-0.39, 0.29) is 18.1 Å². The number of nitrogens with zero attached hydrogens (tertiary/aromatic N) is 3. The van der Waals surface area contributed by atoms with E-state index in [1.165, 1.54) is 0 Å². The quantitative estimate of drug-likeness (QED) is 0.838. The van der Waals surface area contributed by atoms with E-state index in [9.17, 15) is 0 Å². The van der Waals surface area contributed by atoms with Crippen molar-refractivity contribution in [1.29, 1.82) is 0 Å². The summed E-state index contributed by atoms with van der Waals surface area (Å²) in [6.07, 6.45) is 4.78. The van der Waals surface area contributed by atoms with Crippen molar-refractivity contribution in [3.63, 3.8) is 0 Å². The van der Waals surface area contributed by atoms with Gasteiger partial charge >= 0.3 is 0 Å². The second-order valence-electron chi connectivity index (χ2n) is 5.83. The summed E-state index contributed by atoms with van der Waals surface area (Å²) in [5, 5.41) is 4.09. The zero-order chi connectivity index (χ0) is 14.1. The van der Waals surface area contributed by atoms with Crippen molar-refractivity contribution < 1.29 is 9.26 Å². The molecule has 1 saturated heterocycles. The lowest BCUT2D eigenvalue weighted by Crippen LogP contribution is -2.42. The first-order valence-electron chi connectivity index (χ1n) is 7.26. The van der Waals surface area contributed by atoms with Gasteiger partial charge in [0.25, 0.3) is 0 Å². The van der Waals surface area contributed by atoms with Crippen LogP contribution in [0.4, 0.5) is 0 Å². The summed E-state index contributed by atoms with van der Waals surface area (Å²) in [7, 11) is 0. The molecule has 0 radical (unpaired) electrons. The van der Waals surface area contributed by atoms with E-state index in [2.05, 4.69) is 28.9 Å². The monoisotopic (exact) mass is 278 g/mol. The number of hydrogen-bond acceptors (Lipinski definition) is 6. The minimum Gasteiger partial charge on any atom is -0.367 e. The van der Waals surface area contributed by atoms with E-state index in [1.54, 1.807) is 0 Å². The van der Waals surface area contributed by atoms with Gasteiger partial charge in [0.1, 0.15) is 6.10 Å². The topological polar surface area (TPSA) is 77.4 Å². The number of aromatic nitrogens is 2. The maximum Gasteiger partial charge on any atom is 0.233 e. The number of nitrogens with two attached hydrogens (primary N) is 1. The third-order valence-electron chi connectivity index (χ3n) is 4.01. The van der Waals surface area contributed by atoms with Gasteiger partial charge < -0.3 is 15.0 Å². The number of morpholine rings is 1. The van der Waals surface area contributed by atoms with E-state index in [1.807, 2.05) is 12.2 Å². The summed E-state index contributed by atoms with van der Waals surface area (Å²) < 4.78 is 11.2. The zero-order valence-corrected chi connectivity index (χ0v) is 12.0. The van der Waals surface area contributed by atoms with Gasteiger partial charge in [-0.15, -0.1) is 0 Å². The minimum absolute atomic E-state index is 0.0947. The Morgan fingerprint density at radius 1 is 1.40 bits per heavy atom. The molecule has 1 aromatic heterocycles. The van der Waals surface area contributed by atoms with E-state index in [4.69, 9.17) is 15.0 Å². The molecule has 0 amide bonds. The fraction of sp³-hybridized carbons (Fsp3) is 0.714. The highest BCUT2D eigenvalue weighted by atomic mass is 16.5. The first kappa shape index (κ1) is 13.7. The van der Waals surface area contributed by atoms with Crippen molar-refractivity contribution in [1.82, 2.24) is 15.0 Å². The molecule has 0 saturated carbocycles. The van der Waals surface area contributed by atoms with Crippen LogP contribution < -0.4 is 5.73 Å². The maximum absolute atomic E-state index is 5.86. The predicted octanol–water partition coefficient (Wildman–Crippen LogP) is 1.22. The fourth-order valence-corrected chi connectivity index (χ4v) is 2.73. The lowest BCUT2D eigenvalue weighted by atomic mass is 10.1. The molecule has 1 aliphatic carbocycles. The second kappa shape index (κ2) is 5.63. The second-order valence-corrected chi connectivity index (χ2v) is 5.83. The first-order valence-corrected chi connectivity index (χ1v) is 7.26. The van der Waals surface area contributed by atoms with Gasteiger partial charge in [0.15, 0.2) is 0 Å². The van der Waals surface area contributed by atoms with Crippen LogP contribution in [0, 0.1) is 0 Å². The Kier molecular flexibility index (Phi) is 3.87. The highest BCUT2D eigenvalue weighted by Crippen LogP contribution is 2.28. The summed E-state index contributed by atoms with van der Waals surface area (Å²) in [6, 6.07) is 0.598. The van der Waals surface area contributed by atoms with Crippen molar-refractivity contribution >= 4 is 0 Å². The number of hydrogen-bond donors (Lipinski definition) is 1. The molecule has 1 aliphatic heterocycles. The van der Waals surface area contributed by atoms with Gasteiger partial charge in [0.2, 0.25) is 11.7 Å². The molecule has 110 valence electrons. The average Bonchev–Trinajstić information content (AvgIpc) is 3.07. The first-order chi connectivity index (χ1) is 9.63. The van der Waals surface area contributed by atoms with Crippen LogP contribution in [0.3, 0.4) is 0 Å². The summed E-state index contributed by atoms with van der Waals surface area (Å²) in [5.74, 6) is 1.45. The largest absolute Gasteiger partial charge is 0.367 e. The summed E-state index contributed by atoms with van der Waals surface area (Å²) >= 11 is 0. The Balaban J connectivity index is 1.69. The molecule has 2 aliphatic rings. The van der Waals surface area contributed by atoms with Gasteiger partial charge in [-0.3, -0.25) is 4.90 Å². The van der Waals surface area contributed by atoms with Crippen LogP contribution in [0.15, 0.2) is 16.7 Å². The minimum atomic E-state index is -0.0947. The number of ether oxygens (including phenoxy) is 1. The molecule has 2 N–H and O–H groups in total. The normalized spacial score (nSPS) is 31.3. The molecule has 0 bridgehead atoms. The zero-order valence-electron chi connectivity index (χ0n) is 12.0. The SMILES string of the molecule is CC(C)N1CCOC(c2noc(C3C=CC(N)C3)n2)C1. The van der Waals surface area contributed by atoms with E-state index >= 15 is 0 Å². The Hall–Kier alpha value is -1.24. The molecule has 20 heavy (non-hydrogen) atoms. The number of allylic oxidation sites excluding steroid dienone is 1. The molecule has 1 fully saturated rings. The Bertz CT molecular complexity index is 485. The van der Waals surface area contributed by atoms with Crippen molar-refractivity contribution in [2.45, 2.75) is 44.4 Å². The summed E-state index contributed by atoms with van der Waals surface area (Å²) in [6.45, 7) is 6.86. The van der Waals surface area contributed by atoms with Crippen molar-refractivity contribution in [3.8, 4) is 0 Å². The molecule has 3 rings (SSSR count). The Morgan fingerprint density at radius 2 is 2.25 bits per heavy atom. The molecular formula is C14H22N4O2. The van der Waals surface area contributed by atoms with Gasteiger partial charge in [-0.25, -0.2) is 0 Å². The molecule has 6 heteroatoms. The highest BCUT2D eigenvalue weighted by Gasteiger charge is 2.29. The lowest BCUT2D eigenvalue weighted by Gasteiger charge is -2.34. The Labute approximate surface area is 119 Å². The molecule has 6 nitrogen and oxygen atoms in total. The van der Waals surface area contributed by atoms with Crippen molar-refractivity contribution in [2.75, 3.05) is 19.7 Å². The molecule has 0 spiro atoms. The molecule has 0 aromatic carbocycles. The lowest BCUT2D eigenvalue weighted by molar-refractivity contribution is -0.0450. The third kappa shape index (κ3) is 2.77. The van der Waals surface area contributed by atoms with Gasteiger partial charge in [0, 0.05) is 25.2 Å². The van der Waals surface area contributed by atoms with Crippen LogP contribution in [0.25, 0.3) is 0 Å². The van der Waals surface area contributed by atoms with Crippen LogP contribution in [0.5, 0.6) is 0 Å². The number of rotatable bonds is 3.